The van der Waals surface area contributed by atoms with Crippen LogP contribution in [0.1, 0.15) is 40.3 Å². The number of hydrogen-bond donors (Lipinski definition) is 2. The van der Waals surface area contributed by atoms with Gasteiger partial charge in [-0.15, -0.1) is 11.3 Å². The van der Waals surface area contributed by atoms with Gasteiger partial charge in [0.2, 0.25) is 0 Å². The Kier molecular flexibility index (Phi) is 4.46. The molecule has 134 valence electrons. The van der Waals surface area contributed by atoms with Crippen molar-refractivity contribution in [3.05, 3.63) is 52.3 Å². The minimum Gasteiger partial charge on any atom is -0.496 e. The van der Waals surface area contributed by atoms with Crippen LogP contribution in [0.25, 0.3) is 10.8 Å². The summed E-state index contributed by atoms with van der Waals surface area (Å²) < 4.78 is 5.50. The topological polar surface area (TPSA) is 79.9 Å². The molecule has 2 N–H and O–H groups in total. The van der Waals surface area contributed by atoms with E-state index in [0.29, 0.717) is 24.5 Å². The van der Waals surface area contributed by atoms with E-state index in [4.69, 9.17) is 4.74 Å². The van der Waals surface area contributed by atoms with Gasteiger partial charge in [0.15, 0.2) is 10.8 Å². The third-order valence-corrected chi connectivity index (χ3v) is 5.55. The first-order valence-electron chi connectivity index (χ1n) is 8.64. The zero-order chi connectivity index (χ0) is 18.1. The SMILES string of the molecule is CCc1csc(-c2nc3c([nH]2)C[C@H](c2ccccc2OC)CNC3=O)n1. The number of rotatable bonds is 4. The van der Waals surface area contributed by atoms with Crippen molar-refractivity contribution in [2.45, 2.75) is 25.7 Å². The average Bonchev–Trinajstić information content (AvgIpc) is 3.28. The molecular formula is C19H20N4O2S. The summed E-state index contributed by atoms with van der Waals surface area (Å²) in [5.41, 5.74) is 3.43. The molecule has 3 heterocycles. The number of aromatic nitrogens is 3. The maximum atomic E-state index is 12.5. The first kappa shape index (κ1) is 16.8. The first-order chi connectivity index (χ1) is 12.7. The summed E-state index contributed by atoms with van der Waals surface area (Å²) in [6.07, 6.45) is 1.57. The van der Waals surface area contributed by atoms with Crippen LogP contribution in [-0.4, -0.2) is 34.5 Å². The highest BCUT2D eigenvalue weighted by atomic mass is 32.1. The lowest BCUT2D eigenvalue weighted by atomic mass is 9.93. The second-order valence-corrected chi connectivity index (χ2v) is 7.12. The van der Waals surface area contributed by atoms with Gasteiger partial charge in [0.05, 0.1) is 12.8 Å². The molecule has 2 aromatic heterocycles. The Bertz CT molecular complexity index is 947. The van der Waals surface area contributed by atoms with Crippen LogP contribution in [0.15, 0.2) is 29.6 Å². The van der Waals surface area contributed by atoms with Crippen LogP contribution in [0, 0.1) is 0 Å². The van der Waals surface area contributed by atoms with Crippen LogP contribution in [0.3, 0.4) is 0 Å². The average molecular weight is 368 g/mol. The smallest absolute Gasteiger partial charge is 0.271 e. The van der Waals surface area contributed by atoms with E-state index in [-0.39, 0.29) is 11.8 Å². The molecule has 1 aliphatic rings. The number of aromatic amines is 1. The van der Waals surface area contributed by atoms with Crippen molar-refractivity contribution < 1.29 is 9.53 Å². The van der Waals surface area contributed by atoms with E-state index in [0.717, 1.165) is 34.1 Å². The molecule has 1 atom stereocenters. The monoisotopic (exact) mass is 368 g/mol. The maximum absolute atomic E-state index is 12.5. The first-order valence-corrected chi connectivity index (χ1v) is 9.52. The molecule has 0 spiro atoms. The Morgan fingerprint density at radius 2 is 2.15 bits per heavy atom. The predicted molar refractivity (Wildman–Crippen MR) is 101 cm³/mol. The Labute approximate surface area is 155 Å². The fourth-order valence-corrected chi connectivity index (χ4v) is 4.11. The maximum Gasteiger partial charge on any atom is 0.271 e. The molecule has 26 heavy (non-hydrogen) atoms. The third kappa shape index (κ3) is 2.99. The Morgan fingerprint density at radius 1 is 1.31 bits per heavy atom. The van der Waals surface area contributed by atoms with Crippen molar-refractivity contribution in [1.29, 1.82) is 0 Å². The van der Waals surface area contributed by atoms with Gasteiger partial charge in [-0.05, 0) is 24.5 Å². The summed E-state index contributed by atoms with van der Waals surface area (Å²) in [6, 6.07) is 7.94. The number of H-pyrrole nitrogens is 1. The highest BCUT2D eigenvalue weighted by molar-refractivity contribution is 7.13. The number of nitrogens with zero attached hydrogens (tertiary/aromatic N) is 2. The Balaban J connectivity index is 1.69. The molecule has 0 saturated carbocycles. The number of carbonyl (C=O) groups excluding carboxylic acids is 1. The highest BCUT2D eigenvalue weighted by Gasteiger charge is 2.28. The number of imidazole rings is 1. The number of para-hydroxylation sites is 1. The number of methoxy groups -OCH3 is 1. The van der Waals surface area contributed by atoms with E-state index in [9.17, 15) is 4.79 Å². The number of ether oxygens (including phenoxy) is 1. The summed E-state index contributed by atoms with van der Waals surface area (Å²) in [5.74, 6) is 1.47. The van der Waals surface area contributed by atoms with Crippen LogP contribution < -0.4 is 10.1 Å². The summed E-state index contributed by atoms with van der Waals surface area (Å²) in [4.78, 5) is 24.9. The van der Waals surface area contributed by atoms with E-state index < -0.39 is 0 Å². The van der Waals surface area contributed by atoms with Gasteiger partial charge < -0.3 is 15.0 Å². The van der Waals surface area contributed by atoms with Gasteiger partial charge >= 0.3 is 0 Å². The number of hydrogen-bond acceptors (Lipinski definition) is 5. The second kappa shape index (κ2) is 6.92. The van der Waals surface area contributed by atoms with Crippen molar-refractivity contribution in [3.8, 4) is 16.6 Å². The lowest BCUT2D eigenvalue weighted by Gasteiger charge is -2.17. The van der Waals surface area contributed by atoms with Crippen molar-refractivity contribution in [2.24, 2.45) is 0 Å². The van der Waals surface area contributed by atoms with Gasteiger partial charge in [-0.3, -0.25) is 4.79 Å². The highest BCUT2D eigenvalue weighted by Crippen LogP contribution is 2.32. The zero-order valence-corrected chi connectivity index (χ0v) is 15.5. The van der Waals surface area contributed by atoms with Gasteiger partial charge in [0.1, 0.15) is 11.4 Å². The number of thiazole rings is 1. The molecule has 3 aromatic rings. The van der Waals surface area contributed by atoms with Gasteiger partial charge in [-0.1, -0.05) is 25.1 Å². The van der Waals surface area contributed by atoms with Crippen LogP contribution in [-0.2, 0) is 12.8 Å². The molecule has 1 amide bonds. The van der Waals surface area contributed by atoms with Gasteiger partial charge in [-0.2, -0.15) is 0 Å². The Morgan fingerprint density at radius 3 is 2.92 bits per heavy atom. The van der Waals surface area contributed by atoms with Gasteiger partial charge in [-0.25, -0.2) is 9.97 Å². The molecule has 7 heteroatoms. The molecule has 0 fully saturated rings. The summed E-state index contributed by atoms with van der Waals surface area (Å²) in [5, 5.41) is 5.83. The third-order valence-electron chi connectivity index (χ3n) is 4.65. The largest absolute Gasteiger partial charge is 0.496 e. The standard InChI is InChI=1S/C19H20N4O2S/c1-3-12-10-26-19(21-12)17-22-14-8-11(9-20-18(24)16(14)23-17)13-6-4-5-7-15(13)25-2/h4-7,10-11H,3,8-9H2,1-2H3,(H,20,24)(H,22,23)/t11-/m0/s1. The molecule has 0 radical (unpaired) electrons. The summed E-state index contributed by atoms with van der Waals surface area (Å²) in [7, 11) is 1.67. The quantitative estimate of drug-likeness (QED) is 0.741. The molecule has 0 aliphatic carbocycles. The fraction of sp³-hybridized carbons (Fsp3) is 0.316. The number of nitrogens with one attached hydrogen (secondary N) is 2. The molecule has 4 rings (SSSR count). The molecule has 0 unspecified atom stereocenters. The minimum atomic E-state index is -0.146. The van der Waals surface area contributed by atoms with Crippen molar-refractivity contribution >= 4 is 17.2 Å². The van der Waals surface area contributed by atoms with E-state index >= 15 is 0 Å². The van der Waals surface area contributed by atoms with Crippen LogP contribution in [0.2, 0.25) is 0 Å². The number of carbonyl (C=O) groups is 1. The number of aryl methyl sites for hydroxylation is 1. The number of benzene rings is 1. The Hall–Kier alpha value is -2.67. The predicted octanol–water partition coefficient (Wildman–Crippen LogP) is 3.17. The fourth-order valence-electron chi connectivity index (χ4n) is 3.27. The lowest BCUT2D eigenvalue weighted by Crippen LogP contribution is -2.26. The van der Waals surface area contributed by atoms with Crippen molar-refractivity contribution in [3.63, 3.8) is 0 Å². The molecule has 0 saturated heterocycles. The molecule has 1 aromatic carbocycles. The van der Waals surface area contributed by atoms with Crippen LogP contribution in [0.5, 0.6) is 5.75 Å². The van der Waals surface area contributed by atoms with E-state index in [1.807, 2.05) is 29.6 Å². The number of amides is 1. The van der Waals surface area contributed by atoms with Crippen LogP contribution in [0.4, 0.5) is 0 Å². The number of fused-ring (bicyclic) bond motifs is 1. The summed E-state index contributed by atoms with van der Waals surface area (Å²) in [6.45, 7) is 2.62. The van der Waals surface area contributed by atoms with Gasteiger partial charge in [0, 0.05) is 23.5 Å². The minimum absolute atomic E-state index is 0.118. The van der Waals surface area contributed by atoms with E-state index in [1.165, 1.54) is 0 Å². The molecule has 1 aliphatic heterocycles. The van der Waals surface area contributed by atoms with E-state index in [1.54, 1.807) is 18.4 Å². The van der Waals surface area contributed by atoms with Gasteiger partial charge in [0.25, 0.3) is 5.91 Å². The molecule has 6 nitrogen and oxygen atoms in total. The van der Waals surface area contributed by atoms with Crippen LogP contribution >= 0.6 is 11.3 Å². The zero-order valence-electron chi connectivity index (χ0n) is 14.7. The lowest BCUT2D eigenvalue weighted by molar-refractivity contribution is 0.0950. The van der Waals surface area contributed by atoms with Crippen molar-refractivity contribution in [1.82, 2.24) is 20.3 Å². The second-order valence-electron chi connectivity index (χ2n) is 6.26. The molecule has 0 bridgehead atoms. The normalized spacial score (nSPS) is 16.7. The van der Waals surface area contributed by atoms with Crippen molar-refractivity contribution in [2.75, 3.05) is 13.7 Å². The van der Waals surface area contributed by atoms with E-state index in [2.05, 4.69) is 27.2 Å². The summed E-state index contributed by atoms with van der Waals surface area (Å²) >= 11 is 1.54. The molecular weight excluding hydrogens is 348 g/mol.